The topological polar surface area (TPSA) is 78.9 Å². The molecular formula is C13H20BBrN2O4S. The molecule has 22 heavy (non-hydrogen) atoms. The second-order valence-corrected chi connectivity index (χ2v) is 8.12. The molecule has 0 saturated carbocycles. The molecule has 1 aliphatic heterocycles. The van der Waals surface area contributed by atoms with Crippen LogP contribution in [0.15, 0.2) is 27.6 Å². The van der Waals surface area contributed by atoms with Gasteiger partial charge in [-0.25, -0.2) is 13.1 Å². The van der Waals surface area contributed by atoms with Crippen LogP contribution in [-0.4, -0.2) is 51.0 Å². The fraction of sp³-hybridized carbons (Fsp3) is 0.538. The van der Waals surface area contributed by atoms with E-state index in [-0.39, 0.29) is 17.0 Å². The van der Waals surface area contributed by atoms with Crippen LogP contribution in [0.4, 0.5) is 0 Å². The zero-order valence-electron chi connectivity index (χ0n) is 12.8. The summed E-state index contributed by atoms with van der Waals surface area (Å²) in [5.41, 5.74) is 0. The Bertz CT molecular complexity index is 641. The van der Waals surface area contributed by atoms with Crippen molar-refractivity contribution in [1.82, 2.24) is 9.53 Å². The third-order valence-corrected chi connectivity index (χ3v) is 5.87. The van der Waals surface area contributed by atoms with E-state index in [1.54, 1.807) is 19.0 Å². The van der Waals surface area contributed by atoms with E-state index < -0.39 is 17.1 Å². The minimum Gasteiger partial charge on any atom is -0.495 e. The maximum Gasteiger partial charge on any atom is 0.376 e. The predicted octanol–water partition coefficient (Wildman–Crippen LogP) is 1.31. The molecule has 1 aromatic rings. The zero-order valence-corrected chi connectivity index (χ0v) is 15.2. The van der Waals surface area contributed by atoms with Gasteiger partial charge in [0.25, 0.3) is 0 Å². The highest BCUT2D eigenvalue weighted by Gasteiger charge is 2.36. The second kappa shape index (κ2) is 6.88. The molecule has 1 aromatic carbocycles. The van der Waals surface area contributed by atoms with Crippen molar-refractivity contribution in [3.05, 3.63) is 22.7 Å². The highest BCUT2D eigenvalue weighted by molar-refractivity contribution is 9.10. The Morgan fingerprint density at radius 2 is 2.18 bits per heavy atom. The van der Waals surface area contributed by atoms with Crippen molar-refractivity contribution in [3.8, 4) is 5.75 Å². The van der Waals surface area contributed by atoms with E-state index >= 15 is 0 Å². The average Bonchev–Trinajstić information content (AvgIpc) is 2.79. The average molecular weight is 391 g/mol. The van der Waals surface area contributed by atoms with Gasteiger partial charge in [0.05, 0.1) is 7.11 Å². The highest BCUT2D eigenvalue weighted by atomic mass is 79.9. The molecule has 0 radical (unpaired) electrons. The number of benzene rings is 1. The zero-order chi connectivity index (χ0) is 16.5. The number of ether oxygens (including phenoxy) is 1. The summed E-state index contributed by atoms with van der Waals surface area (Å²) in [5, 5.41) is 9.70. The fourth-order valence-corrected chi connectivity index (χ4v) is 4.75. The molecule has 1 aliphatic rings. The molecule has 0 unspecified atom stereocenters. The molecule has 2 N–H and O–H groups in total. The van der Waals surface area contributed by atoms with Crippen LogP contribution in [-0.2, 0) is 10.0 Å². The smallest absolute Gasteiger partial charge is 0.376 e. The summed E-state index contributed by atoms with van der Waals surface area (Å²) < 4.78 is 33.7. The van der Waals surface area contributed by atoms with Crippen LogP contribution in [0.5, 0.6) is 5.75 Å². The Kier molecular flexibility index (Phi) is 5.55. The third kappa shape index (κ3) is 3.83. The molecule has 9 heteroatoms. The van der Waals surface area contributed by atoms with Gasteiger partial charge in [-0.15, -0.1) is 0 Å². The fourth-order valence-electron chi connectivity index (χ4n) is 2.81. The number of hydrogen-bond acceptors (Lipinski definition) is 5. The van der Waals surface area contributed by atoms with Crippen molar-refractivity contribution >= 4 is 33.0 Å². The maximum atomic E-state index is 12.6. The number of rotatable bonds is 5. The van der Waals surface area contributed by atoms with Gasteiger partial charge in [0, 0.05) is 17.1 Å². The normalized spacial score (nSPS) is 22.8. The van der Waals surface area contributed by atoms with E-state index in [1.165, 1.54) is 13.2 Å². The lowest BCUT2D eigenvalue weighted by Crippen LogP contribution is -2.42. The lowest BCUT2D eigenvalue weighted by atomic mass is 9.84. The van der Waals surface area contributed by atoms with Crippen LogP contribution in [0.1, 0.15) is 13.3 Å². The molecule has 2 rings (SSSR count). The van der Waals surface area contributed by atoms with Gasteiger partial charge in [-0.1, -0.05) is 22.9 Å². The Balaban J connectivity index is 2.21. The second-order valence-electron chi connectivity index (χ2n) is 5.53. The van der Waals surface area contributed by atoms with Gasteiger partial charge >= 0.3 is 7.05 Å². The predicted molar refractivity (Wildman–Crippen MR) is 89.4 cm³/mol. The van der Waals surface area contributed by atoms with E-state index in [2.05, 4.69) is 20.7 Å². The molecule has 0 spiro atoms. The van der Waals surface area contributed by atoms with Crippen molar-refractivity contribution < 1.29 is 18.2 Å². The lowest BCUT2D eigenvalue weighted by molar-refractivity contribution is 0.360. The summed E-state index contributed by atoms with van der Waals surface area (Å²) >= 11 is 3.28. The van der Waals surface area contributed by atoms with Gasteiger partial charge in [0.2, 0.25) is 10.0 Å². The molecule has 0 aliphatic carbocycles. The molecule has 0 amide bonds. The summed E-state index contributed by atoms with van der Waals surface area (Å²) in [6, 6.07) is 4.74. The standard InChI is InChI=1S/C13H20BBrN2O4S/c1-9-6-11(8-17(9)14(2)18)16-22(19,20)13-7-10(15)4-5-12(13)21-3/h4-5,7,9,11,16,18H,6,8H2,1-3H3/t9-,11+/m0/s1. The molecule has 1 saturated heterocycles. The van der Waals surface area contributed by atoms with Gasteiger partial charge < -0.3 is 14.6 Å². The maximum absolute atomic E-state index is 12.6. The van der Waals surface area contributed by atoms with Crippen LogP contribution in [0.25, 0.3) is 0 Å². The molecular weight excluding hydrogens is 371 g/mol. The SMILES string of the molecule is COc1ccc(Br)cc1S(=O)(=O)N[C@@H]1C[C@H](C)N(B(C)O)C1. The molecule has 2 atom stereocenters. The van der Waals surface area contributed by atoms with Crippen molar-refractivity contribution in [2.24, 2.45) is 0 Å². The van der Waals surface area contributed by atoms with Gasteiger partial charge in [-0.3, -0.25) is 0 Å². The lowest BCUT2D eigenvalue weighted by Gasteiger charge is -2.21. The number of hydrogen-bond donors (Lipinski definition) is 2. The number of nitrogens with zero attached hydrogens (tertiary/aromatic N) is 1. The first kappa shape index (κ1) is 17.7. The van der Waals surface area contributed by atoms with E-state index in [1.807, 2.05) is 11.7 Å². The van der Waals surface area contributed by atoms with Crippen molar-refractivity contribution in [3.63, 3.8) is 0 Å². The van der Waals surface area contributed by atoms with E-state index in [0.29, 0.717) is 23.2 Å². The number of halogens is 1. The van der Waals surface area contributed by atoms with Crippen LogP contribution in [0.2, 0.25) is 6.82 Å². The quantitative estimate of drug-likeness (QED) is 0.741. The first-order valence-corrected chi connectivity index (χ1v) is 9.32. The Morgan fingerprint density at radius 3 is 2.73 bits per heavy atom. The first-order valence-electron chi connectivity index (χ1n) is 7.04. The number of nitrogens with one attached hydrogen (secondary N) is 1. The van der Waals surface area contributed by atoms with Gasteiger partial charge in [0.1, 0.15) is 10.6 Å². The van der Waals surface area contributed by atoms with E-state index in [4.69, 9.17) is 4.74 Å². The van der Waals surface area contributed by atoms with Crippen LogP contribution in [0, 0.1) is 0 Å². The summed E-state index contributed by atoms with van der Waals surface area (Å²) in [7, 11) is -2.85. The van der Waals surface area contributed by atoms with Gasteiger partial charge in [-0.2, -0.15) is 0 Å². The molecule has 0 bridgehead atoms. The minimum atomic E-state index is -3.69. The molecule has 122 valence electrons. The molecule has 1 fully saturated rings. The molecule has 1 heterocycles. The van der Waals surface area contributed by atoms with Crippen LogP contribution in [0.3, 0.4) is 0 Å². The Hall–Kier alpha value is -0.605. The summed E-state index contributed by atoms with van der Waals surface area (Å²) in [5.74, 6) is 0.300. The monoisotopic (exact) mass is 390 g/mol. The number of sulfonamides is 1. The third-order valence-electron chi connectivity index (χ3n) is 3.84. The summed E-state index contributed by atoms with van der Waals surface area (Å²) in [6.07, 6.45) is 0.653. The van der Waals surface area contributed by atoms with Gasteiger partial charge in [0.15, 0.2) is 0 Å². The highest BCUT2D eigenvalue weighted by Crippen LogP contribution is 2.28. The first-order chi connectivity index (χ1) is 10.2. The number of methoxy groups -OCH3 is 1. The molecule has 6 nitrogen and oxygen atoms in total. The summed E-state index contributed by atoms with van der Waals surface area (Å²) in [6.45, 7) is 4.14. The van der Waals surface area contributed by atoms with Crippen molar-refractivity contribution in [1.29, 1.82) is 0 Å². The minimum absolute atomic E-state index is 0.104. The Morgan fingerprint density at radius 1 is 1.50 bits per heavy atom. The Labute approximate surface area is 140 Å². The van der Waals surface area contributed by atoms with Gasteiger partial charge in [-0.05, 0) is 37.5 Å². The van der Waals surface area contributed by atoms with Crippen molar-refractivity contribution in [2.45, 2.75) is 37.1 Å². The van der Waals surface area contributed by atoms with E-state index in [9.17, 15) is 13.4 Å². The summed E-state index contributed by atoms with van der Waals surface area (Å²) in [4.78, 5) is 1.97. The van der Waals surface area contributed by atoms with E-state index in [0.717, 1.165) is 0 Å². The van der Waals surface area contributed by atoms with Crippen LogP contribution >= 0.6 is 15.9 Å². The largest absolute Gasteiger partial charge is 0.495 e. The van der Waals surface area contributed by atoms with Crippen LogP contribution < -0.4 is 9.46 Å². The van der Waals surface area contributed by atoms with Crippen molar-refractivity contribution in [2.75, 3.05) is 13.7 Å². The molecule has 0 aromatic heterocycles.